The van der Waals surface area contributed by atoms with Crippen molar-refractivity contribution in [3.8, 4) is 5.75 Å². The Hall–Kier alpha value is -1.87. The largest absolute Gasteiger partial charge is 0.497 e. The minimum absolute atomic E-state index is 0.127. The van der Waals surface area contributed by atoms with E-state index >= 15 is 0 Å². The highest BCUT2D eigenvalue weighted by Crippen LogP contribution is 2.37. The molecule has 2 bridgehead atoms. The van der Waals surface area contributed by atoms with Crippen LogP contribution >= 0.6 is 0 Å². The number of carbonyl (C=O) groups excluding carboxylic acids is 1. The Bertz CT molecular complexity index is 710. The van der Waals surface area contributed by atoms with Crippen molar-refractivity contribution >= 4 is 16.6 Å². The molecule has 0 radical (unpaired) electrons. The molecule has 0 aromatic heterocycles. The van der Waals surface area contributed by atoms with E-state index in [0.717, 1.165) is 47.8 Å². The molecule has 2 aliphatic rings. The molecule has 2 aromatic rings. The van der Waals surface area contributed by atoms with Crippen LogP contribution in [0.4, 0.5) is 0 Å². The normalized spacial score (nSPS) is 27.0. The molecule has 4 rings (SSSR count). The van der Waals surface area contributed by atoms with Gasteiger partial charge in [0.25, 0.3) is 0 Å². The fraction of sp³-hybridized carbons (Fsp3) is 0.421. The number of carbonyl (C=O) groups is 1. The monoisotopic (exact) mass is 296 g/mol. The Balaban J connectivity index is 1.61. The second-order valence-electron chi connectivity index (χ2n) is 6.42. The van der Waals surface area contributed by atoms with E-state index < -0.39 is 0 Å². The summed E-state index contributed by atoms with van der Waals surface area (Å²) in [6.45, 7) is 0. The third kappa shape index (κ3) is 2.40. The average molecular weight is 296 g/mol. The van der Waals surface area contributed by atoms with Crippen molar-refractivity contribution in [1.82, 2.24) is 0 Å². The molecule has 0 aliphatic carbocycles. The van der Waals surface area contributed by atoms with Gasteiger partial charge in [0.2, 0.25) is 0 Å². The van der Waals surface area contributed by atoms with Gasteiger partial charge in [-0.15, -0.1) is 0 Å². The summed E-state index contributed by atoms with van der Waals surface area (Å²) in [6, 6.07) is 11.9. The molecule has 2 atom stereocenters. The molecule has 3 nitrogen and oxygen atoms in total. The van der Waals surface area contributed by atoms with E-state index in [1.54, 1.807) is 7.11 Å². The van der Waals surface area contributed by atoms with Gasteiger partial charge in [-0.1, -0.05) is 18.2 Å². The SMILES string of the molecule is COc1ccc2cc(C(=O)C3CC4CCC(C3)O4)ccc2c1. The molecule has 22 heavy (non-hydrogen) atoms. The molecule has 2 saturated heterocycles. The van der Waals surface area contributed by atoms with Crippen LogP contribution in [0.1, 0.15) is 36.0 Å². The summed E-state index contributed by atoms with van der Waals surface area (Å²) >= 11 is 0. The number of ether oxygens (including phenoxy) is 2. The van der Waals surface area contributed by atoms with Gasteiger partial charge in [0, 0.05) is 11.5 Å². The van der Waals surface area contributed by atoms with E-state index in [2.05, 4.69) is 0 Å². The summed E-state index contributed by atoms with van der Waals surface area (Å²) < 4.78 is 11.1. The van der Waals surface area contributed by atoms with Gasteiger partial charge < -0.3 is 9.47 Å². The third-order valence-electron chi connectivity index (χ3n) is 4.99. The Labute approximate surface area is 130 Å². The molecule has 2 fully saturated rings. The number of ketones is 1. The van der Waals surface area contributed by atoms with Crippen molar-refractivity contribution in [3.63, 3.8) is 0 Å². The van der Waals surface area contributed by atoms with E-state index in [1.165, 1.54) is 0 Å². The van der Waals surface area contributed by atoms with Gasteiger partial charge in [-0.2, -0.15) is 0 Å². The number of rotatable bonds is 3. The predicted molar refractivity (Wildman–Crippen MR) is 85.4 cm³/mol. The number of hydrogen-bond acceptors (Lipinski definition) is 3. The van der Waals surface area contributed by atoms with Gasteiger partial charge in [-0.3, -0.25) is 4.79 Å². The highest BCUT2D eigenvalue weighted by Gasteiger charge is 2.38. The lowest BCUT2D eigenvalue weighted by Gasteiger charge is -2.27. The van der Waals surface area contributed by atoms with E-state index in [1.807, 2.05) is 36.4 Å². The highest BCUT2D eigenvalue weighted by atomic mass is 16.5. The van der Waals surface area contributed by atoms with Crippen LogP contribution in [0.25, 0.3) is 10.8 Å². The van der Waals surface area contributed by atoms with E-state index in [-0.39, 0.29) is 11.7 Å². The van der Waals surface area contributed by atoms with Gasteiger partial charge in [-0.05, 0) is 54.7 Å². The quantitative estimate of drug-likeness (QED) is 0.803. The van der Waals surface area contributed by atoms with Gasteiger partial charge >= 0.3 is 0 Å². The zero-order chi connectivity index (χ0) is 15.1. The zero-order valence-electron chi connectivity index (χ0n) is 12.7. The molecule has 2 unspecified atom stereocenters. The number of fused-ring (bicyclic) bond motifs is 3. The van der Waals surface area contributed by atoms with Crippen LogP contribution < -0.4 is 4.74 Å². The van der Waals surface area contributed by atoms with Crippen LogP contribution in [-0.4, -0.2) is 25.1 Å². The minimum Gasteiger partial charge on any atom is -0.497 e. The lowest BCUT2D eigenvalue weighted by atomic mass is 9.87. The first kappa shape index (κ1) is 13.8. The summed E-state index contributed by atoms with van der Waals surface area (Å²) in [6.07, 6.45) is 4.61. The summed E-state index contributed by atoms with van der Waals surface area (Å²) in [5, 5.41) is 2.18. The fourth-order valence-corrected chi connectivity index (χ4v) is 3.81. The lowest BCUT2D eigenvalue weighted by molar-refractivity contribution is -0.0149. The standard InChI is InChI=1S/C19H20O3/c1-21-16-5-4-12-8-14(3-2-13(12)9-16)19(20)15-10-17-6-7-18(11-15)22-17/h2-5,8-9,15,17-18H,6-7,10-11H2,1H3. The van der Waals surface area contributed by atoms with Crippen molar-refractivity contribution in [2.75, 3.05) is 7.11 Å². The third-order valence-corrected chi connectivity index (χ3v) is 4.99. The molecule has 2 heterocycles. The van der Waals surface area contributed by atoms with Crippen LogP contribution in [0.5, 0.6) is 5.75 Å². The minimum atomic E-state index is 0.127. The molecule has 0 saturated carbocycles. The Morgan fingerprint density at radius 3 is 2.45 bits per heavy atom. The molecular formula is C19H20O3. The zero-order valence-corrected chi connectivity index (χ0v) is 12.7. The Kier molecular flexibility index (Phi) is 3.38. The van der Waals surface area contributed by atoms with E-state index in [9.17, 15) is 4.79 Å². The smallest absolute Gasteiger partial charge is 0.166 e. The summed E-state index contributed by atoms with van der Waals surface area (Å²) in [4.78, 5) is 12.8. The summed E-state index contributed by atoms with van der Waals surface area (Å²) in [5.74, 6) is 1.24. The second-order valence-corrected chi connectivity index (χ2v) is 6.42. The van der Waals surface area contributed by atoms with Crippen molar-refractivity contribution in [2.45, 2.75) is 37.9 Å². The summed E-state index contributed by atoms with van der Waals surface area (Å²) in [5.41, 5.74) is 0.823. The maximum absolute atomic E-state index is 12.8. The first-order valence-corrected chi connectivity index (χ1v) is 8.00. The van der Waals surface area contributed by atoms with Crippen molar-refractivity contribution in [1.29, 1.82) is 0 Å². The molecule has 2 aliphatic heterocycles. The van der Waals surface area contributed by atoms with Crippen molar-refractivity contribution < 1.29 is 14.3 Å². The number of hydrogen-bond donors (Lipinski definition) is 0. The maximum Gasteiger partial charge on any atom is 0.166 e. The van der Waals surface area contributed by atoms with Crippen molar-refractivity contribution in [3.05, 3.63) is 42.0 Å². The first-order valence-electron chi connectivity index (χ1n) is 8.00. The van der Waals surface area contributed by atoms with Crippen LogP contribution in [0.2, 0.25) is 0 Å². The first-order chi connectivity index (χ1) is 10.7. The Morgan fingerprint density at radius 2 is 1.73 bits per heavy atom. The molecule has 0 amide bonds. The fourth-order valence-electron chi connectivity index (χ4n) is 3.81. The second kappa shape index (κ2) is 5.40. The predicted octanol–water partition coefficient (Wildman–Crippen LogP) is 3.99. The molecule has 3 heteroatoms. The molecule has 0 spiro atoms. The van der Waals surface area contributed by atoms with Crippen LogP contribution in [0.15, 0.2) is 36.4 Å². The van der Waals surface area contributed by atoms with Gasteiger partial charge in [0.1, 0.15) is 5.75 Å². The van der Waals surface area contributed by atoms with Crippen molar-refractivity contribution in [2.24, 2.45) is 5.92 Å². The van der Waals surface area contributed by atoms with Gasteiger partial charge in [0.15, 0.2) is 5.78 Å². The number of benzene rings is 2. The number of Topliss-reactive ketones (excluding diaryl/α,β-unsaturated/α-hetero) is 1. The number of methoxy groups -OCH3 is 1. The van der Waals surface area contributed by atoms with Crippen LogP contribution in [0, 0.1) is 5.92 Å². The van der Waals surface area contributed by atoms with Crippen LogP contribution in [-0.2, 0) is 4.74 Å². The Morgan fingerprint density at radius 1 is 1.05 bits per heavy atom. The molecule has 0 N–H and O–H groups in total. The lowest BCUT2D eigenvalue weighted by Crippen LogP contribution is -2.30. The van der Waals surface area contributed by atoms with Gasteiger partial charge in [0.05, 0.1) is 19.3 Å². The highest BCUT2D eigenvalue weighted by molar-refractivity contribution is 6.01. The molecular weight excluding hydrogens is 276 g/mol. The maximum atomic E-state index is 12.8. The summed E-state index contributed by atoms with van der Waals surface area (Å²) in [7, 11) is 1.67. The van der Waals surface area contributed by atoms with Gasteiger partial charge in [-0.25, -0.2) is 0 Å². The average Bonchev–Trinajstić information content (AvgIpc) is 2.91. The topological polar surface area (TPSA) is 35.5 Å². The molecule has 114 valence electrons. The van der Waals surface area contributed by atoms with E-state index in [4.69, 9.17) is 9.47 Å². The van der Waals surface area contributed by atoms with E-state index in [0.29, 0.717) is 12.2 Å². The van der Waals surface area contributed by atoms with Crippen LogP contribution in [0.3, 0.4) is 0 Å². The molecule has 2 aromatic carbocycles.